The summed E-state index contributed by atoms with van der Waals surface area (Å²) in [5, 5.41) is 0. The highest BCUT2D eigenvalue weighted by Crippen LogP contribution is 2.37. The Morgan fingerprint density at radius 3 is 2.35 bits per heavy atom. The zero-order valence-corrected chi connectivity index (χ0v) is 15.3. The van der Waals surface area contributed by atoms with E-state index in [4.69, 9.17) is 4.74 Å². The highest BCUT2D eigenvalue weighted by molar-refractivity contribution is 5.66. The molecule has 2 atom stereocenters. The molecule has 0 N–H and O–H groups in total. The molecule has 0 bridgehead atoms. The molecule has 1 aliphatic heterocycles. The van der Waals surface area contributed by atoms with Gasteiger partial charge in [0.25, 0.3) is 0 Å². The first-order valence-corrected chi connectivity index (χ1v) is 9.43. The van der Waals surface area contributed by atoms with E-state index in [0.717, 1.165) is 24.8 Å². The second-order valence-electron chi connectivity index (χ2n) is 7.05. The standard InChI is InChI=1S/C22H25F3O/c1-3-5-15-7-11-20(26-13-15)18-10-9-17(21(24)22(18)25)16-8-6-14(4-2)12-19(16)23/h6,8-10,12,15,20H,3-5,7,11,13H2,1-2H3. The van der Waals surface area contributed by atoms with Gasteiger partial charge in [-0.25, -0.2) is 13.2 Å². The molecule has 2 aromatic rings. The van der Waals surface area contributed by atoms with Crippen molar-refractivity contribution in [2.45, 2.75) is 52.1 Å². The Kier molecular flexibility index (Phi) is 6.02. The Morgan fingerprint density at radius 2 is 1.73 bits per heavy atom. The van der Waals surface area contributed by atoms with Gasteiger partial charge in [-0.2, -0.15) is 0 Å². The lowest BCUT2D eigenvalue weighted by atomic mass is 9.90. The number of halogens is 3. The maximum atomic E-state index is 14.7. The third-order valence-electron chi connectivity index (χ3n) is 5.26. The summed E-state index contributed by atoms with van der Waals surface area (Å²) in [6.45, 7) is 4.62. The lowest BCUT2D eigenvalue weighted by Crippen LogP contribution is -2.21. The van der Waals surface area contributed by atoms with Gasteiger partial charge in [0.1, 0.15) is 5.82 Å². The quantitative estimate of drug-likeness (QED) is 0.582. The molecule has 140 valence electrons. The number of rotatable bonds is 5. The molecule has 1 heterocycles. The van der Waals surface area contributed by atoms with Crippen molar-refractivity contribution in [2.24, 2.45) is 5.92 Å². The van der Waals surface area contributed by atoms with Crippen molar-refractivity contribution in [3.05, 3.63) is 58.9 Å². The summed E-state index contributed by atoms with van der Waals surface area (Å²) < 4.78 is 49.4. The van der Waals surface area contributed by atoms with E-state index >= 15 is 0 Å². The van der Waals surface area contributed by atoms with Gasteiger partial charge in [0.2, 0.25) is 0 Å². The molecule has 4 heteroatoms. The fourth-order valence-electron chi connectivity index (χ4n) is 3.71. The summed E-state index contributed by atoms with van der Waals surface area (Å²) in [5.74, 6) is -1.98. The van der Waals surface area contributed by atoms with Crippen LogP contribution in [0, 0.1) is 23.4 Å². The normalized spacial score (nSPS) is 20.3. The molecule has 0 amide bonds. The topological polar surface area (TPSA) is 9.23 Å². The van der Waals surface area contributed by atoms with Gasteiger partial charge in [-0.05, 0) is 43.2 Å². The van der Waals surface area contributed by atoms with E-state index in [2.05, 4.69) is 6.92 Å². The number of ether oxygens (including phenoxy) is 1. The molecule has 1 saturated heterocycles. The van der Waals surface area contributed by atoms with E-state index in [1.165, 1.54) is 24.3 Å². The Hall–Kier alpha value is -1.81. The smallest absolute Gasteiger partial charge is 0.167 e. The second-order valence-corrected chi connectivity index (χ2v) is 7.05. The van der Waals surface area contributed by atoms with E-state index in [0.29, 0.717) is 25.4 Å². The zero-order valence-electron chi connectivity index (χ0n) is 15.3. The van der Waals surface area contributed by atoms with Crippen molar-refractivity contribution in [2.75, 3.05) is 6.61 Å². The monoisotopic (exact) mass is 362 g/mol. The van der Waals surface area contributed by atoms with Crippen molar-refractivity contribution in [3.63, 3.8) is 0 Å². The number of hydrogen-bond acceptors (Lipinski definition) is 1. The maximum absolute atomic E-state index is 14.7. The molecule has 1 nitrogen and oxygen atoms in total. The summed E-state index contributed by atoms with van der Waals surface area (Å²) in [5.41, 5.74) is 1.08. The summed E-state index contributed by atoms with van der Waals surface area (Å²) in [7, 11) is 0. The summed E-state index contributed by atoms with van der Waals surface area (Å²) >= 11 is 0. The highest BCUT2D eigenvalue weighted by atomic mass is 19.2. The van der Waals surface area contributed by atoms with E-state index in [1.807, 2.05) is 6.92 Å². The van der Waals surface area contributed by atoms with Crippen molar-refractivity contribution >= 4 is 0 Å². The molecule has 3 rings (SSSR count). The molecule has 0 radical (unpaired) electrons. The van der Waals surface area contributed by atoms with Crippen LogP contribution in [-0.2, 0) is 11.2 Å². The van der Waals surface area contributed by atoms with E-state index < -0.39 is 23.6 Å². The van der Waals surface area contributed by atoms with Crippen LogP contribution >= 0.6 is 0 Å². The number of hydrogen-bond donors (Lipinski definition) is 0. The molecule has 0 aliphatic carbocycles. The first kappa shape index (κ1) is 19.0. The van der Waals surface area contributed by atoms with Gasteiger partial charge in [-0.1, -0.05) is 44.5 Å². The zero-order chi connectivity index (χ0) is 18.7. The van der Waals surface area contributed by atoms with Gasteiger partial charge >= 0.3 is 0 Å². The van der Waals surface area contributed by atoms with Crippen LogP contribution in [0.4, 0.5) is 13.2 Å². The number of benzene rings is 2. The van der Waals surface area contributed by atoms with Crippen molar-refractivity contribution in [3.8, 4) is 11.1 Å². The summed E-state index contributed by atoms with van der Waals surface area (Å²) in [4.78, 5) is 0. The van der Waals surface area contributed by atoms with Gasteiger partial charge in [0, 0.05) is 16.7 Å². The van der Waals surface area contributed by atoms with Crippen LogP contribution in [0.15, 0.2) is 30.3 Å². The van der Waals surface area contributed by atoms with E-state index in [-0.39, 0.29) is 16.7 Å². The van der Waals surface area contributed by atoms with Crippen molar-refractivity contribution in [1.29, 1.82) is 0 Å². The second kappa shape index (κ2) is 8.26. The van der Waals surface area contributed by atoms with Crippen molar-refractivity contribution in [1.82, 2.24) is 0 Å². The number of aryl methyl sites for hydroxylation is 1. The predicted octanol–water partition coefficient (Wildman–Crippen LogP) is 6.60. The summed E-state index contributed by atoms with van der Waals surface area (Å²) in [6, 6.07) is 7.61. The molecule has 2 aromatic carbocycles. The SMILES string of the molecule is CCCC1CCC(c2ccc(-c3ccc(CC)cc3F)c(F)c2F)OC1. The molecule has 0 aromatic heterocycles. The minimum atomic E-state index is -1.01. The van der Waals surface area contributed by atoms with Crippen LogP contribution < -0.4 is 0 Å². The van der Waals surface area contributed by atoms with Crippen LogP contribution in [0.25, 0.3) is 11.1 Å². The molecule has 2 unspecified atom stereocenters. The van der Waals surface area contributed by atoms with Gasteiger partial charge in [-0.15, -0.1) is 0 Å². The Morgan fingerprint density at radius 1 is 0.962 bits per heavy atom. The highest BCUT2D eigenvalue weighted by Gasteiger charge is 2.27. The van der Waals surface area contributed by atoms with Gasteiger partial charge in [0.05, 0.1) is 12.7 Å². The van der Waals surface area contributed by atoms with Crippen LogP contribution in [0.5, 0.6) is 0 Å². The first-order valence-electron chi connectivity index (χ1n) is 9.43. The molecular weight excluding hydrogens is 337 g/mol. The molecular formula is C22H25F3O. The van der Waals surface area contributed by atoms with Crippen LogP contribution in [-0.4, -0.2) is 6.61 Å². The fraction of sp³-hybridized carbons (Fsp3) is 0.455. The largest absolute Gasteiger partial charge is 0.373 e. The van der Waals surface area contributed by atoms with Crippen LogP contribution in [0.3, 0.4) is 0 Å². The Balaban J connectivity index is 1.85. The average molecular weight is 362 g/mol. The molecule has 26 heavy (non-hydrogen) atoms. The third-order valence-corrected chi connectivity index (χ3v) is 5.26. The first-order chi connectivity index (χ1) is 12.5. The van der Waals surface area contributed by atoms with Gasteiger partial charge in [0.15, 0.2) is 11.6 Å². The van der Waals surface area contributed by atoms with Gasteiger partial charge in [-0.3, -0.25) is 0 Å². The lowest BCUT2D eigenvalue weighted by Gasteiger charge is -2.29. The van der Waals surface area contributed by atoms with E-state index in [1.54, 1.807) is 6.07 Å². The van der Waals surface area contributed by atoms with Crippen LogP contribution in [0.2, 0.25) is 0 Å². The van der Waals surface area contributed by atoms with Gasteiger partial charge < -0.3 is 4.74 Å². The minimum absolute atomic E-state index is 0.0499. The van der Waals surface area contributed by atoms with Crippen LogP contribution in [0.1, 0.15) is 56.8 Å². The fourth-order valence-corrected chi connectivity index (χ4v) is 3.71. The molecule has 0 saturated carbocycles. The minimum Gasteiger partial charge on any atom is -0.373 e. The van der Waals surface area contributed by atoms with E-state index in [9.17, 15) is 13.2 Å². The third kappa shape index (κ3) is 3.80. The summed E-state index contributed by atoms with van der Waals surface area (Å²) in [6.07, 6.45) is 4.08. The Bertz CT molecular complexity index is 764. The average Bonchev–Trinajstić information content (AvgIpc) is 2.65. The molecule has 1 aliphatic rings. The lowest BCUT2D eigenvalue weighted by molar-refractivity contribution is -0.0214. The predicted molar refractivity (Wildman–Crippen MR) is 97.5 cm³/mol. The molecule has 0 spiro atoms. The maximum Gasteiger partial charge on any atom is 0.167 e. The van der Waals surface area contributed by atoms with Crippen molar-refractivity contribution < 1.29 is 17.9 Å². The Labute approximate surface area is 153 Å². The molecule has 1 fully saturated rings.